The number of rotatable bonds is 7. The number of halogens is 1. The van der Waals surface area contributed by atoms with E-state index in [1.807, 2.05) is 12.1 Å². The molecular formula is C30H36FN3O. The maximum Gasteiger partial charge on any atom is 0.123 e. The van der Waals surface area contributed by atoms with Crippen LogP contribution in [0.25, 0.3) is 11.1 Å². The van der Waals surface area contributed by atoms with E-state index in [2.05, 4.69) is 76.6 Å². The highest BCUT2D eigenvalue weighted by atomic mass is 19.1. The van der Waals surface area contributed by atoms with Crippen molar-refractivity contribution in [2.75, 3.05) is 46.1 Å². The number of benzene rings is 3. The van der Waals surface area contributed by atoms with Crippen LogP contribution >= 0.6 is 0 Å². The Morgan fingerprint density at radius 1 is 0.886 bits per heavy atom. The Hall–Kier alpha value is -2.57. The Labute approximate surface area is 208 Å². The molecule has 0 spiro atoms. The third-order valence-electron chi connectivity index (χ3n) is 7.85. The van der Waals surface area contributed by atoms with Gasteiger partial charge in [0.1, 0.15) is 5.82 Å². The molecule has 3 aromatic rings. The quantitative estimate of drug-likeness (QED) is 0.496. The van der Waals surface area contributed by atoms with E-state index in [0.29, 0.717) is 6.04 Å². The van der Waals surface area contributed by atoms with Gasteiger partial charge in [-0.1, -0.05) is 66.7 Å². The van der Waals surface area contributed by atoms with Crippen LogP contribution in [0.3, 0.4) is 0 Å². The summed E-state index contributed by atoms with van der Waals surface area (Å²) in [6, 6.07) is 26.7. The van der Waals surface area contributed by atoms with Gasteiger partial charge in [0.2, 0.25) is 0 Å². The molecule has 5 heteroatoms. The van der Waals surface area contributed by atoms with Crippen molar-refractivity contribution >= 4 is 0 Å². The Balaban J connectivity index is 1.25. The van der Waals surface area contributed by atoms with E-state index in [1.165, 1.54) is 23.3 Å². The maximum absolute atomic E-state index is 13.3. The minimum absolute atomic E-state index is 0.00221. The molecule has 0 aliphatic carbocycles. The topological polar surface area (TPSA) is 27.7 Å². The number of morpholine rings is 1. The molecule has 0 amide bonds. The minimum atomic E-state index is -0.201. The van der Waals surface area contributed by atoms with Crippen LogP contribution in [-0.2, 0) is 10.3 Å². The molecule has 0 saturated carbocycles. The summed E-state index contributed by atoms with van der Waals surface area (Å²) in [6.45, 7) is 9.03. The molecule has 1 N–H and O–H groups in total. The number of nitrogens with one attached hydrogen (secondary N) is 1. The summed E-state index contributed by atoms with van der Waals surface area (Å²) < 4.78 is 18.8. The van der Waals surface area contributed by atoms with Crippen molar-refractivity contribution in [3.63, 3.8) is 0 Å². The van der Waals surface area contributed by atoms with Crippen LogP contribution in [-0.4, -0.2) is 55.9 Å². The lowest BCUT2D eigenvalue weighted by molar-refractivity contribution is 0.0257. The second kappa shape index (κ2) is 11.0. The smallest absolute Gasteiger partial charge is 0.123 e. The Bertz CT molecular complexity index is 1060. The fraction of sp³-hybridized carbons (Fsp3) is 0.400. The van der Waals surface area contributed by atoms with Crippen molar-refractivity contribution in [1.82, 2.24) is 15.1 Å². The maximum atomic E-state index is 13.3. The van der Waals surface area contributed by atoms with Crippen LogP contribution < -0.4 is 5.32 Å². The normalized spacial score (nSPS) is 22.7. The summed E-state index contributed by atoms with van der Waals surface area (Å²) in [7, 11) is 0. The van der Waals surface area contributed by atoms with Crippen LogP contribution in [0.15, 0.2) is 78.9 Å². The fourth-order valence-corrected chi connectivity index (χ4v) is 5.43. The molecule has 0 bridgehead atoms. The minimum Gasteiger partial charge on any atom is -0.379 e. The SMILES string of the molecule is CC(c1ccc(-c2ccc(F)cc2)cc1)N1CCC(CCN2CCOCC2)(c2ccccc2)NC1. The van der Waals surface area contributed by atoms with Crippen molar-refractivity contribution in [1.29, 1.82) is 0 Å². The van der Waals surface area contributed by atoms with Gasteiger partial charge < -0.3 is 4.74 Å². The molecule has 4 nitrogen and oxygen atoms in total. The fourth-order valence-electron chi connectivity index (χ4n) is 5.43. The van der Waals surface area contributed by atoms with Crippen LogP contribution in [0.2, 0.25) is 0 Å². The second-order valence-electron chi connectivity index (χ2n) is 9.85. The number of nitrogens with zero attached hydrogens (tertiary/aromatic N) is 2. The molecule has 5 rings (SSSR count). The van der Waals surface area contributed by atoms with Gasteiger partial charge in [-0.2, -0.15) is 0 Å². The number of ether oxygens (including phenoxy) is 1. The van der Waals surface area contributed by atoms with Gasteiger partial charge in [0.15, 0.2) is 0 Å². The molecule has 2 fully saturated rings. The van der Waals surface area contributed by atoms with Gasteiger partial charge in [0.05, 0.1) is 13.2 Å². The number of hydrogen-bond donors (Lipinski definition) is 1. The molecule has 35 heavy (non-hydrogen) atoms. The highest BCUT2D eigenvalue weighted by Crippen LogP contribution is 2.35. The summed E-state index contributed by atoms with van der Waals surface area (Å²) >= 11 is 0. The molecule has 3 aromatic carbocycles. The first kappa shape index (κ1) is 24.1. The highest BCUT2D eigenvalue weighted by Gasteiger charge is 2.37. The Kier molecular flexibility index (Phi) is 7.59. The molecule has 0 radical (unpaired) electrons. The third kappa shape index (κ3) is 5.65. The van der Waals surface area contributed by atoms with Crippen LogP contribution in [0.1, 0.15) is 36.9 Å². The zero-order valence-electron chi connectivity index (χ0n) is 20.6. The lowest BCUT2D eigenvalue weighted by Gasteiger charge is -2.46. The summed E-state index contributed by atoms with van der Waals surface area (Å²) in [5.74, 6) is -0.201. The average molecular weight is 474 g/mol. The second-order valence-corrected chi connectivity index (χ2v) is 9.85. The molecule has 2 saturated heterocycles. The summed E-state index contributed by atoms with van der Waals surface area (Å²) in [6.07, 6.45) is 2.19. The van der Waals surface area contributed by atoms with E-state index >= 15 is 0 Å². The van der Waals surface area contributed by atoms with E-state index in [1.54, 1.807) is 0 Å². The van der Waals surface area contributed by atoms with Crippen molar-refractivity contribution < 1.29 is 9.13 Å². The molecule has 2 heterocycles. The van der Waals surface area contributed by atoms with E-state index in [0.717, 1.165) is 70.0 Å². The summed E-state index contributed by atoms with van der Waals surface area (Å²) in [5.41, 5.74) is 4.85. The number of hydrogen-bond acceptors (Lipinski definition) is 4. The zero-order chi connectivity index (χ0) is 24.1. The van der Waals surface area contributed by atoms with Gasteiger partial charge in [-0.25, -0.2) is 4.39 Å². The van der Waals surface area contributed by atoms with Gasteiger partial charge in [-0.15, -0.1) is 0 Å². The van der Waals surface area contributed by atoms with Crippen molar-refractivity contribution in [3.05, 3.63) is 95.8 Å². The van der Waals surface area contributed by atoms with Crippen molar-refractivity contribution in [3.8, 4) is 11.1 Å². The predicted molar refractivity (Wildman–Crippen MR) is 140 cm³/mol. The van der Waals surface area contributed by atoms with Crippen LogP contribution in [0.5, 0.6) is 0 Å². The van der Waals surface area contributed by atoms with Crippen LogP contribution in [0.4, 0.5) is 4.39 Å². The molecular weight excluding hydrogens is 437 g/mol. The van der Waals surface area contributed by atoms with Gasteiger partial charge in [0.25, 0.3) is 0 Å². The monoisotopic (exact) mass is 473 g/mol. The summed E-state index contributed by atoms with van der Waals surface area (Å²) in [5, 5.41) is 3.96. The molecule has 2 atom stereocenters. The van der Waals surface area contributed by atoms with Gasteiger partial charge in [0, 0.05) is 44.4 Å². The predicted octanol–water partition coefficient (Wildman–Crippen LogP) is 5.42. The average Bonchev–Trinajstić information content (AvgIpc) is 2.93. The highest BCUT2D eigenvalue weighted by molar-refractivity contribution is 5.63. The first-order chi connectivity index (χ1) is 17.1. The van der Waals surface area contributed by atoms with Crippen molar-refractivity contribution in [2.24, 2.45) is 0 Å². The lowest BCUT2D eigenvalue weighted by Crippen LogP contribution is -2.56. The van der Waals surface area contributed by atoms with E-state index in [9.17, 15) is 4.39 Å². The van der Waals surface area contributed by atoms with E-state index in [-0.39, 0.29) is 11.4 Å². The molecule has 184 valence electrons. The van der Waals surface area contributed by atoms with Gasteiger partial charge in [-0.05, 0) is 54.2 Å². The lowest BCUT2D eigenvalue weighted by atomic mass is 9.81. The van der Waals surface area contributed by atoms with Gasteiger partial charge in [-0.3, -0.25) is 15.1 Å². The van der Waals surface area contributed by atoms with Crippen molar-refractivity contribution in [2.45, 2.75) is 31.3 Å². The molecule has 2 aliphatic heterocycles. The van der Waals surface area contributed by atoms with Gasteiger partial charge >= 0.3 is 0 Å². The summed E-state index contributed by atoms with van der Waals surface area (Å²) in [4.78, 5) is 5.07. The first-order valence-corrected chi connectivity index (χ1v) is 12.8. The standard InChI is InChI=1S/C30H36FN3O/c1-24(25-7-9-26(10-8-25)27-11-13-29(31)14-12-27)34-18-16-30(32-23-34,28-5-3-2-4-6-28)15-17-33-19-21-35-22-20-33/h2-14,24,32H,15-23H2,1H3. The van der Waals surface area contributed by atoms with E-state index < -0.39 is 0 Å². The third-order valence-corrected chi connectivity index (χ3v) is 7.85. The Morgan fingerprint density at radius 2 is 1.54 bits per heavy atom. The Morgan fingerprint density at radius 3 is 2.17 bits per heavy atom. The molecule has 0 aromatic heterocycles. The molecule has 2 unspecified atom stereocenters. The van der Waals surface area contributed by atoms with Crippen LogP contribution in [0, 0.1) is 5.82 Å². The zero-order valence-corrected chi connectivity index (χ0v) is 20.6. The largest absolute Gasteiger partial charge is 0.379 e. The van der Waals surface area contributed by atoms with E-state index in [4.69, 9.17) is 4.74 Å². The first-order valence-electron chi connectivity index (χ1n) is 12.8. The molecule has 2 aliphatic rings.